The monoisotopic (exact) mass is 330 g/mol. The molecule has 6 nitrogen and oxygen atoms in total. The lowest BCUT2D eigenvalue weighted by Gasteiger charge is -2.06. The van der Waals surface area contributed by atoms with Crippen molar-refractivity contribution in [2.75, 3.05) is 12.4 Å². The van der Waals surface area contributed by atoms with Crippen molar-refractivity contribution >= 4 is 21.4 Å². The van der Waals surface area contributed by atoms with Crippen LogP contribution in [0.2, 0.25) is 5.02 Å². The maximum Gasteiger partial charge on any atom is 0.257 e. The van der Waals surface area contributed by atoms with Gasteiger partial charge in [0.15, 0.2) is 15.7 Å². The molecule has 1 N–H and O–H groups in total. The van der Waals surface area contributed by atoms with Crippen molar-refractivity contribution < 1.29 is 18.0 Å². The molecule has 1 atom stereocenters. The molecular formula is C13H15ClN2O4S. The molecule has 0 bridgehead atoms. The Morgan fingerprint density at radius 3 is 2.62 bits per heavy atom. The average Bonchev–Trinajstić information content (AvgIpc) is 2.86. The number of aromatic nitrogens is 2. The number of benzene rings is 1. The second-order valence-electron chi connectivity index (χ2n) is 4.86. The molecule has 0 saturated heterocycles. The number of aliphatic hydroxyl groups is 1. The molecule has 8 heteroatoms. The fourth-order valence-electron chi connectivity index (χ4n) is 1.76. The lowest BCUT2D eigenvalue weighted by atomic mass is 10.2. The third-order valence-corrected chi connectivity index (χ3v) is 4.79. The maximum absolute atomic E-state index is 11.9. The van der Waals surface area contributed by atoms with Crippen LogP contribution in [0.1, 0.15) is 12.7 Å². The lowest BCUT2D eigenvalue weighted by molar-refractivity contribution is 0.249. The van der Waals surface area contributed by atoms with Crippen molar-refractivity contribution in [2.45, 2.75) is 12.7 Å². The first-order chi connectivity index (χ1) is 9.89. The predicted molar refractivity (Wildman–Crippen MR) is 78.5 cm³/mol. The molecule has 0 aliphatic rings. The second kappa shape index (κ2) is 6.55. The molecule has 0 aliphatic heterocycles. The molecule has 1 aromatic heterocycles. The molecule has 21 heavy (non-hydrogen) atoms. The third kappa shape index (κ3) is 4.52. The summed E-state index contributed by atoms with van der Waals surface area (Å²) in [6.45, 7) is 1.48. The molecule has 1 aromatic carbocycles. The van der Waals surface area contributed by atoms with E-state index in [1.165, 1.54) is 0 Å². The molecule has 2 aromatic rings. The molecular weight excluding hydrogens is 316 g/mol. The van der Waals surface area contributed by atoms with E-state index in [4.69, 9.17) is 21.2 Å². The highest BCUT2D eigenvalue weighted by Gasteiger charge is 2.20. The number of hydrogen-bond acceptors (Lipinski definition) is 6. The minimum Gasteiger partial charge on any atom is -0.396 e. The lowest BCUT2D eigenvalue weighted by Crippen LogP contribution is -2.18. The summed E-state index contributed by atoms with van der Waals surface area (Å²) in [4.78, 5) is 4.07. The number of hydrogen-bond donors (Lipinski definition) is 1. The summed E-state index contributed by atoms with van der Waals surface area (Å²) in [5.41, 5.74) is 0.666. The molecule has 0 aliphatic carbocycles. The number of nitrogens with zero attached hydrogens (tertiary/aromatic N) is 2. The van der Waals surface area contributed by atoms with Gasteiger partial charge in [-0.25, -0.2) is 8.42 Å². The molecule has 1 unspecified atom stereocenters. The van der Waals surface area contributed by atoms with E-state index in [9.17, 15) is 8.42 Å². The second-order valence-corrected chi connectivity index (χ2v) is 7.41. The molecule has 0 radical (unpaired) electrons. The van der Waals surface area contributed by atoms with Crippen molar-refractivity contribution in [3.8, 4) is 11.5 Å². The quantitative estimate of drug-likeness (QED) is 0.869. The van der Waals surface area contributed by atoms with Gasteiger partial charge in [0, 0.05) is 17.2 Å². The van der Waals surface area contributed by atoms with E-state index in [1.807, 2.05) is 0 Å². The number of halogens is 1. The Kier molecular flexibility index (Phi) is 4.97. The van der Waals surface area contributed by atoms with E-state index < -0.39 is 9.84 Å². The molecule has 0 spiro atoms. The van der Waals surface area contributed by atoms with Crippen LogP contribution in [0.25, 0.3) is 11.5 Å². The zero-order valence-corrected chi connectivity index (χ0v) is 12.9. The first-order valence-corrected chi connectivity index (χ1v) is 8.49. The van der Waals surface area contributed by atoms with E-state index in [-0.39, 0.29) is 35.7 Å². The summed E-state index contributed by atoms with van der Waals surface area (Å²) in [6, 6.07) is 6.78. The molecule has 1 heterocycles. The summed E-state index contributed by atoms with van der Waals surface area (Å²) in [6.07, 6.45) is 0. The van der Waals surface area contributed by atoms with Crippen LogP contribution < -0.4 is 0 Å². The number of rotatable bonds is 6. The number of aliphatic hydroxyl groups excluding tert-OH is 1. The Hall–Kier alpha value is -1.44. The van der Waals surface area contributed by atoms with Crippen LogP contribution in [0.5, 0.6) is 0 Å². The Morgan fingerprint density at radius 2 is 2.00 bits per heavy atom. The zero-order valence-electron chi connectivity index (χ0n) is 11.4. The normalized spacial score (nSPS) is 13.3. The van der Waals surface area contributed by atoms with Crippen LogP contribution in [0.3, 0.4) is 0 Å². The van der Waals surface area contributed by atoms with Gasteiger partial charge in [0.05, 0.1) is 5.75 Å². The minimum absolute atomic E-state index is 0.102. The van der Waals surface area contributed by atoms with Crippen molar-refractivity contribution in [1.82, 2.24) is 10.1 Å². The van der Waals surface area contributed by atoms with Gasteiger partial charge in [-0.15, -0.1) is 0 Å². The largest absolute Gasteiger partial charge is 0.396 e. The van der Waals surface area contributed by atoms with E-state index in [2.05, 4.69) is 10.1 Å². The number of sulfone groups is 1. The first-order valence-electron chi connectivity index (χ1n) is 6.29. The van der Waals surface area contributed by atoms with Gasteiger partial charge in [-0.3, -0.25) is 0 Å². The van der Waals surface area contributed by atoms with Gasteiger partial charge in [0.25, 0.3) is 5.89 Å². The van der Waals surface area contributed by atoms with E-state index in [0.717, 1.165) is 0 Å². The van der Waals surface area contributed by atoms with E-state index in [0.29, 0.717) is 10.6 Å². The fourth-order valence-corrected chi connectivity index (χ4v) is 3.49. The molecule has 0 amide bonds. The summed E-state index contributed by atoms with van der Waals surface area (Å²) in [5, 5.41) is 13.2. The predicted octanol–water partition coefficient (Wildman–Crippen LogP) is 1.93. The van der Waals surface area contributed by atoms with Gasteiger partial charge in [-0.1, -0.05) is 23.7 Å². The smallest absolute Gasteiger partial charge is 0.257 e. The van der Waals surface area contributed by atoms with Gasteiger partial charge < -0.3 is 9.63 Å². The van der Waals surface area contributed by atoms with Crippen LogP contribution in [-0.4, -0.2) is 36.0 Å². The van der Waals surface area contributed by atoms with Crippen LogP contribution >= 0.6 is 11.6 Å². The standard InChI is InChI=1S/C13H15ClN2O4S/c1-9(6-17)7-21(18,19)8-12-15-13(20-16-12)10-2-4-11(14)5-3-10/h2-5,9,17H,6-8H2,1H3. The van der Waals surface area contributed by atoms with Crippen LogP contribution in [0.15, 0.2) is 28.8 Å². The highest BCUT2D eigenvalue weighted by Crippen LogP contribution is 2.20. The highest BCUT2D eigenvalue weighted by atomic mass is 35.5. The summed E-state index contributed by atoms with van der Waals surface area (Å²) >= 11 is 5.79. The van der Waals surface area contributed by atoms with Crippen LogP contribution in [-0.2, 0) is 15.6 Å². The summed E-state index contributed by atoms with van der Waals surface area (Å²) in [5.74, 6) is -0.405. The summed E-state index contributed by atoms with van der Waals surface area (Å²) in [7, 11) is -3.39. The Balaban J connectivity index is 2.11. The van der Waals surface area contributed by atoms with Gasteiger partial charge in [-0.2, -0.15) is 4.98 Å². The molecule has 2 rings (SSSR count). The Morgan fingerprint density at radius 1 is 1.33 bits per heavy atom. The zero-order chi connectivity index (χ0) is 15.5. The van der Waals surface area contributed by atoms with Crippen LogP contribution in [0.4, 0.5) is 0 Å². The Bertz CT molecular complexity index is 697. The highest BCUT2D eigenvalue weighted by molar-refractivity contribution is 7.90. The van der Waals surface area contributed by atoms with Gasteiger partial charge in [-0.05, 0) is 30.2 Å². The van der Waals surface area contributed by atoms with Gasteiger partial charge >= 0.3 is 0 Å². The molecule has 0 fully saturated rings. The first kappa shape index (κ1) is 15.9. The SMILES string of the molecule is CC(CO)CS(=O)(=O)Cc1noc(-c2ccc(Cl)cc2)n1. The third-order valence-electron chi connectivity index (χ3n) is 2.76. The summed E-state index contributed by atoms with van der Waals surface area (Å²) < 4.78 is 28.9. The Labute approximate surface area is 127 Å². The fraction of sp³-hybridized carbons (Fsp3) is 0.385. The maximum atomic E-state index is 11.9. The molecule has 114 valence electrons. The average molecular weight is 331 g/mol. The van der Waals surface area contributed by atoms with E-state index in [1.54, 1.807) is 31.2 Å². The van der Waals surface area contributed by atoms with Crippen molar-refractivity contribution in [3.05, 3.63) is 35.1 Å². The molecule has 0 saturated carbocycles. The van der Waals surface area contributed by atoms with Crippen molar-refractivity contribution in [3.63, 3.8) is 0 Å². The van der Waals surface area contributed by atoms with Crippen molar-refractivity contribution in [2.24, 2.45) is 5.92 Å². The van der Waals surface area contributed by atoms with Gasteiger partial charge in [0.1, 0.15) is 5.75 Å². The van der Waals surface area contributed by atoms with Crippen LogP contribution in [0, 0.1) is 5.92 Å². The minimum atomic E-state index is -3.39. The van der Waals surface area contributed by atoms with Crippen molar-refractivity contribution in [1.29, 1.82) is 0 Å². The van der Waals surface area contributed by atoms with Gasteiger partial charge in [0.2, 0.25) is 0 Å². The topological polar surface area (TPSA) is 93.3 Å². The van der Waals surface area contributed by atoms with E-state index >= 15 is 0 Å².